The van der Waals surface area contributed by atoms with E-state index < -0.39 is 0 Å². The Bertz CT molecular complexity index is 558. The molecule has 1 atom stereocenters. The van der Waals surface area contributed by atoms with Crippen LogP contribution in [0.5, 0.6) is 0 Å². The predicted octanol–water partition coefficient (Wildman–Crippen LogP) is 1.43. The van der Waals surface area contributed by atoms with Gasteiger partial charge in [0.25, 0.3) is 0 Å². The topological polar surface area (TPSA) is 57.9 Å². The van der Waals surface area contributed by atoms with Gasteiger partial charge in [0.1, 0.15) is 0 Å². The van der Waals surface area contributed by atoms with Crippen molar-refractivity contribution in [3.8, 4) is 0 Å². The summed E-state index contributed by atoms with van der Waals surface area (Å²) >= 11 is 0. The van der Waals surface area contributed by atoms with E-state index in [-0.39, 0.29) is 24.0 Å². The maximum atomic E-state index is 5.45. The van der Waals surface area contributed by atoms with Gasteiger partial charge >= 0.3 is 0 Å². The zero-order chi connectivity index (χ0) is 17.5. The number of nitrogens with zero attached hydrogens (tertiary/aromatic N) is 5. The fraction of sp³-hybridized carbons (Fsp3) is 0.778. The first-order chi connectivity index (χ1) is 12.2. The zero-order valence-electron chi connectivity index (χ0n) is 16.1. The summed E-state index contributed by atoms with van der Waals surface area (Å²) in [4.78, 5) is 9.78. The van der Waals surface area contributed by atoms with Crippen LogP contribution in [0.1, 0.15) is 18.9 Å². The minimum Gasteiger partial charge on any atom is -0.379 e. The molecule has 1 aromatic heterocycles. The summed E-state index contributed by atoms with van der Waals surface area (Å²) in [6.07, 6.45) is 5.21. The van der Waals surface area contributed by atoms with Crippen molar-refractivity contribution in [2.24, 2.45) is 10.9 Å². The van der Waals surface area contributed by atoms with Crippen LogP contribution in [0.25, 0.3) is 0 Å². The van der Waals surface area contributed by atoms with E-state index in [0.29, 0.717) is 0 Å². The van der Waals surface area contributed by atoms with Crippen LogP contribution in [0.15, 0.2) is 17.4 Å². The molecule has 3 rings (SSSR count). The molecule has 8 heteroatoms. The Hall–Kier alpha value is -0.870. The molecule has 1 aromatic rings. The molecule has 1 N–H and O–H groups in total. The smallest absolute Gasteiger partial charge is 0.193 e. The third-order valence-electron chi connectivity index (χ3n) is 4.89. The Morgan fingerprint density at radius 1 is 1.35 bits per heavy atom. The number of nitrogens with one attached hydrogen (secondary N) is 1. The molecule has 148 valence electrons. The molecule has 0 amide bonds. The second-order valence-electron chi connectivity index (χ2n) is 7.03. The minimum atomic E-state index is 0. The molecular weight excluding hydrogens is 443 g/mol. The van der Waals surface area contributed by atoms with E-state index in [1.54, 1.807) is 0 Å². The van der Waals surface area contributed by atoms with Gasteiger partial charge in [-0.05, 0) is 31.7 Å². The minimum absolute atomic E-state index is 0. The van der Waals surface area contributed by atoms with Gasteiger partial charge in [0, 0.05) is 45.5 Å². The summed E-state index contributed by atoms with van der Waals surface area (Å²) in [7, 11) is 0. The first kappa shape index (κ1) is 21.4. The number of hydrogen-bond donors (Lipinski definition) is 1. The summed E-state index contributed by atoms with van der Waals surface area (Å²) in [5, 5.41) is 7.78. The van der Waals surface area contributed by atoms with Crippen molar-refractivity contribution in [2.45, 2.75) is 26.8 Å². The van der Waals surface area contributed by atoms with Crippen LogP contribution >= 0.6 is 24.0 Å². The van der Waals surface area contributed by atoms with E-state index >= 15 is 0 Å². The molecule has 0 aliphatic carbocycles. The Morgan fingerprint density at radius 3 is 2.85 bits per heavy atom. The van der Waals surface area contributed by atoms with Gasteiger partial charge in [-0.2, -0.15) is 5.10 Å². The highest BCUT2D eigenvalue weighted by Gasteiger charge is 2.27. The third-order valence-corrected chi connectivity index (χ3v) is 4.89. The highest BCUT2D eigenvalue weighted by molar-refractivity contribution is 14.0. The molecule has 0 bridgehead atoms. The SMILES string of the molecule is CCNC(=NCCn1cc(C)cn1)N1CCC(CN2CCOCC2)C1.I. The molecular formula is C18H33IN6O. The third kappa shape index (κ3) is 6.38. The lowest BCUT2D eigenvalue weighted by molar-refractivity contribution is 0.0315. The number of ether oxygens (including phenoxy) is 1. The molecule has 2 fully saturated rings. The van der Waals surface area contributed by atoms with Crippen molar-refractivity contribution in [1.82, 2.24) is 24.9 Å². The molecule has 0 saturated carbocycles. The van der Waals surface area contributed by atoms with Gasteiger partial charge in [-0.1, -0.05) is 0 Å². The van der Waals surface area contributed by atoms with Gasteiger partial charge in [0.05, 0.1) is 32.5 Å². The Labute approximate surface area is 174 Å². The van der Waals surface area contributed by atoms with Crippen molar-refractivity contribution in [3.63, 3.8) is 0 Å². The Balaban J connectivity index is 0.00000243. The highest BCUT2D eigenvalue weighted by atomic mass is 127. The van der Waals surface area contributed by atoms with Crippen LogP contribution in [-0.4, -0.2) is 84.6 Å². The van der Waals surface area contributed by atoms with Gasteiger partial charge in [0.15, 0.2) is 5.96 Å². The van der Waals surface area contributed by atoms with Crippen molar-refractivity contribution < 1.29 is 4.74 Å². The molecule has 1 unspecified atom stereocenters. The second kappa shape index (κ2) is 11.1. The first-order valence-electron chi connectivity index (χ1n) is 9.57. The van der Waals surface area contributed by atoms with E-state index in [0.717, 1.165) is 70.9 Å². The lowest BCUT2D eigenvalue weighted by Gasteiger charge is -2.29. The number of aryl methyl sites for hydroxylation is 1. The summed E-state index contributed by atoms with van der Waals surface area (Å²) in [5.74, 6) is 1.78. The zero-order valence-corrected chi connectivity index (χ0v) is 18.4. The molecule has 2 aliphatic heterocycles. The van der Waals surface area contributed by atoms with Gasteiger partial charge < -0.3 is 15.0 Å². The van der Waals surface area contributed by atoms with E-state index in [9.17, 15) is 0 Å². The Kier molecular flexibility index (Phi) is 9.13. The molecule has 0 spiro atoms. The molecule has 2 saturated heterocycles. The Morgan fingerprint density at radius 2 is 2.15 bits per heavy atom. The van der Waals surface area contributed by atoms with E-state index in [2.05, 4.69) is 40.3 Å². The summed E-state index contributed by atoms with van der Waals surface area (Å²) in [5.41, 5.74) is 1.20. The van der Waals surface area contributed by atoms with E-state index in [1.165, 1.54) is 18.5 Å². The van der Waals surface area contributed by atoms with E-state index in [4.69, 9.17) is 9.73 Å². The van der Waals surface area contributed by atoms with Crippen molar-refractivity contribution >= 4 is 29.9 Å². The van der Waals surface area contributed by atoms with Gasteiger partial charge in [-0.3, -0.25) is 14.6 Å². The predicted molar refractivity (Wildman–Crippen MR) is 115 cm³/mol. The number of likely N-dealkylation sites (tertiary alicyclic amines) is 1. The maximum absolute atomic E-state index is 5.45. The van der Waals surface area contributed by atoms with Gasteiger partial charge in [-0.15, -0.1) is 24.0 Å². The lowest BCUT2D eigenvalue weighted by atomic mass is 10.1. The van der Waals surface area contributed by atoms with Crippen molar-refractivity contribution in [1.29, 1.82) is 0 Å². The van der Waals surface area contributed by atoms with Gasteiger partial charge in [0.2, 0.25) is 0 Å². The molecule has 7 nitrogen and oxygen atoms in total. The molecule has 2 aliphatic rings. The monoisotopic (exact) mass is 476 g/mol. The van der Waals surface area contributed by atoms with Crippen LogP contribution < -0.4 is 5.32 Å². The van der Waals surface area contributed by atoms with Crippen LogP contribution in [0.4, 0.5) is 0 Å². The molecule has 3 heterocycles. The van der Waals surface area contributed by atoms with Crippen LogP contribution in [0.2, 0.25) is 0 Å². The number of guanidine groups is 1. The average Bonchev–Trinajstić information content (AvgIpc) is 3.24. The number of aromatic nitrogens is 2. The van der Waals surface area contributed by atoms with Crippen molar-refractivity contribution in [3.05, 3.63) is 18.0 Å². The molecule has 0 aromatic carbocycles. The van der Waals surface area contributed by atoms with Crippen LogP contribution in [0.3, 0.4) is 0 Å². The molecule has 26 heavy (non-hydrogen) atoms. The second-order valence-corrected chi connectivity index (χ2v) is 7.03. The van der Waals surface area contributed by atoms with Gasteiger partial charge in [-0.25, -0.2) is 0 Å². The standard InChI is InChI=1S/C18H32N6O.HI/c1-3-19-18(20-5-7-24-13-16(2)12-21-24)23-6-4-17(15-23)14-22-8-10-25-11-9-22;/h12-13,17H,3-11,14-15H2,1-2H3,(H,19,20);1H. The van der Waals surface area contributed by atoms with Crippen LogP contribution in [0, 0.1) is 12.8 Å². The largest absolute Gasteiger partial charge is 0.379 e. The fourth-order valence-electron chi connectivity index (χ4n) is 3.60. The number of hydrogen-bond acceptors (Lipinski definition) is 4. The normalized spacial score (nSPS) is 21.7. The van der Waals surface area contributed by atoms with Crippen molar-refractivity contribution in [2.75, 3.05) is 59.0 Å². The maximum Gasteiger partial charge on any atom is 0.193 e. The quantitative estimate of drug-likeness (QED) is 0.383. The first-order valence-corrected chi connectivity index (χ1v) is 9.57. The summed E-state index contributed by atoms with van der Waals surface area (Å²) in [6, 6.07) is 0. The fourth-order valence-corrected chi connectivity index (χ4v) is 3.60. The highest BCUT2D eigenvalue weighted by Crippen LogP contribution is 2.18. The summed E-state index contributed by atoms with van der Waals surface area (Å²) < 4.78 is 7.42. The lowest BCUT2D eigenvalue weighted by Crippen LogP contribution is -2.42. The van der Waals surface area contributed by atoms with Crippen LogP contribution in [-0.2, 0) is 11.3 Å². The summed E-state index contributed by atoms with van der Waals surface area (Å²) in [6.45, 7) is 14.0. The molecule has 0 radical (unpaired) electrons. The number of morpholine rings is 1. The average molecular weight is 476 g/mol. The van der Waals surface area contributed by atoms with E-state index in [1.807, 2.05) is 10.9 Å². The number of aliphatic imine (C=N–C) groups is 1. The number of halogens is 1. The number of rotatable bonds is 6.